The summed E-state index contributed by atoms with van der Waals surface area (Å²) in [7, 11) is 0. The van der Waals surface area contributed by atoms with Crippen LogP contribution in [0.3, 0.4) is 0 Å². The topological polar surface area (TPSA) is 43.6 Å². The highest BCUT2D eigenvalue weighted by Gasteiger charge is 2.51. The van der Waals surface area contributed by atoms with Gasteiger partial charge < -0.3 is 4.57 Å². The zero-order valence-corrected chi connectivity index (χ0v) is 47.9. The molecule has 4 nitrogen and oxygen atoms in total. The van der Waals surface area contributed by atoms with Crippen LogP contribution >= 0.6 is 11.3 Å². The minimum absolute atomic E-state index is 0.388. The monoisotopic (exact) mass is 1120 g/mol. The van der Waals surface area contributed by atoms with Gasteiger partial charge in [0.2, 0.25) is 0 Å². The highest BCUT2D eigenvalue weighted by atomic mass is 32.1. The Labute approximate surface area is 507 Å². The lowest BCUT2D eigenvalue weighted by Crippen LogP contribution is -2.25. The summed E-state index contributed by atoms with van der Waals surface area (Å²) in [4.78, 5) is 16.0. The molecule has 0 radical (unpaired) electrons. The Bertz CT molecular complexity index is 5360. The number of thiophene rings is 1. The minimum Gasteiger partial charge on any atom is -0.309 e. The number of nitrogens with zero attached hydrogens (tertiary/aromatic N) is 4. The summed E-state index contributed by atoms with van der Waals surface area (Å²) in [6.07, 6.45) is 0. The number of hydrogen-bond donors (Lipinski definition) is 0. The molecule has 0 saturated heterocycles. The van der Waals surface area contributed by atoms with Crippen LogP contribution in [0.1, 0.15) is 22.3 Å². The SMILES string of the molecule is c1ccc(-c2cc(-c3ccccc3)cc(-c3cccc(-c4nc(-c5ccccc5)nc(-c5cccc6sc7ccc(-c8ccc9c(c8)c8ccccc8n9-c8ccc9c(c8)-c8ccccc8C98c9ccccc9-c9ccccc98)cc7c56)n4)c3)c2)cc1. The van der Waals surface area contributed by atoms with Gasteiger partial charge in [0.15, 0.2) is 17.5 Å². The maximum absolute atomic E-state index is 5.42. The molecule has 2 aliphatic carbocycles. The predicted molar refractivity (Wildman–Crippen MR) is 361 cm³/mol. The first kappa shape index (κ1) is 49.3. The molecule has 0 atom stereocenters. The van der Waals surface area contributed by atoms with E-state index in [2.05, 4.69) is 290 Å². The van der Waals surface area contributed by atoms with Gasteiger partial charge in [-0.2, -0.15) is 0 Å². The summed E-state index contributed by atoms with van der Waals surface area (Å²) >= 11 is 1.81. The molecule has 404 valence electrons. The number of rotatable bonds is 8. The molecule has 0 N–H and O–H groups in total. The molecular formula is C82H50N4S. The van der Waals surface area contributed by atoms with Crippen LogP contribution in [-0.2, 0) is 5.41 Å². The van der Waals surface area contributed by atoms with Crippen LogP contribution in [0, 0.1) is 0 Å². The second-order valence-corrected chi connectivity index (χ2v) is 24.1. The fourth-order valence-electron chi connectivity index (χ4n) is 14.4. The van der Waals surface area contributed by atoms with Gasteiger partial charge >= 0.3 is 0 Å². The molecule has 0 bridgehead atoms. The van der Waals surface area contributed by atoms with Gasteiger partial charge in [0.05, 0.1) is 16.4 Å². The van der Waals surface area contributed by atoms with E-state index in [4.69, 9.17) is 15.0 Å². The highest BCUT2D eigenvalue weighted by Crippen LogP contribution is 2.63. The standard InChI is InChI=1S/C82H50N4S/c1-4-20-51(21-5-1)58-45-59(52-22-6-2-7-23-52)47-60(46-58)54-26-18-27-57(44-54)80-83-79(53-24-8-3-9-25-53)84-81(85-80)66-32-19-37-77-78(66)69-49-56(39-43-76(69)87-77)55-38-42-75-68(48-55)65-31-13-17-36-74(65)86(75)61-40-41-73-67(50-61)64-30-12-16-35-72(64)82(73)70-33-14-10-28-62(70)63-29-11-15-34-71(63)82/h1-50H. The van der Waals surface area contributed by atoms with Crippen LogP contribution in [0.25, 0.3) is 149 Å². The van der Waals surface area contributed by atoms with Gasteiger partial charge in [-0.1, -0.05) is 231 Å². The molecular weight excluding hydrogens is 1070 g/mol. The van der Waals surface area contributed by atoms with E-state index in [0.717, 1.165) is 61.1 Å². The summed E-state index contributed by atoms with van der Waals surface area (Å²) in [5.41, 5.74) is 25.7. The fraction of sp³-hybridized carbons (Fsp3) is 0.0122. The normalized spacial score (nSPS) is 12.7. The van der Waals surface area contributed by atoms with Gasteiger partial charge in [-0.25, -0.2) is 15.0 Å². The minimum atomic E-state index is -0.388. The van der Waals surface area contributed by atoms with Gasteiger partial charge in [0.25, 0.3) is 0 Å². The molecule has 16 aromatic rings. The molecule has 1 spiro atoms. The van der Waals surface area contributed by atoms with Crippen LogP contribution in [0.5, 0.6) is 0 Å². The van der Waals surface area contributed by atoms with Crippen molar-refractivity contribution in [1.29, 1.82) is 0 Å². The smallest absolute Gasteiger partial charge is 0.164 e. The number of hydrogen-bond acceptors (Lipinski definition) is 4. The third-order valence-corrected chi connectivity index (χ3v) is 19.4. The van der Waals surface area contributed by atoms with Crippen molar-refractivity contribution in [2.45, 2.75) is 5.41 Å². The van der Waals surface area contributed by atoms with E-state index < -0.39 is 0 Å². The lowest BCUT2D eigenvalue weighted by molar-refractivity contribution is 0.793. The first-order chi connectivity index (χ1) is 43.1. The van der Waals surface area contributed by atoms with Crippen molar-refractivity contribution in [3.63, 3.8) is 0 Å². The summed E-state index contributed by atoms with van der Waals surface area (Å²) in [5.74, 6) is 1.88. The summed E-state index contributed by atoms with van der Waals surface area (Å²) in [6, 6.07) is 111. The highest BCUT2D eigenvalue weighted by molar-refractivity contribution is 7.26. The van der Waals surface area contributed by atoms with Gasteiger partial charge in [0.1, 0.15) is 0 Å². The molecule has 5 heteroatoms. The van der Waals surface area contributed by atoms with Crippen molar-refractivity contribution in [3.05, 3.63) is 326 Å². The molecule has 0 unspecified atom stereocenters. The molecule has 2 aliphatic rings. The zero-order valence-electron chi connectivity index (χ0n) is 47.1. The maximum Gasteiger partial charge on any atom is 0.164 e. The Kier molecular flexibility index (Phi) is 11.0. The summed E-state index contributed by atoms with van der Waals surface area (Å²) in [5, 5.41) is 4.74. The molecule has 0 amide bonds. The van der Waals surface area contributed by atoms with E-state index in [1.807, 2.05) is 29.5 Å². The first-order valence-electron chi connectivity index (χ1n) is 29.7. The molecule has 13 aromatic carbocycles. The number of fused-ring (bicyclic) bond motifs is 16. The average molecular weight is 1120 g/mol. The van der Waals surface area contributed by atoms with Crippen molar-refractivity contribution >= 4 is 53.3 Å². The molecule has 0 fully saturated rings. The molecule has 18 rings (SSSR count). The zero-order chi connectivity index (χ0) is 57.2. The van der Waals surface area contributed by atoms with Crippen molar-refractivity contribution in [1.82, 2.24) is 19.5 Å². The van der Waals surface area contributed by atoms with Gasteiger partial charge in [0, 0.05) is 53.3 Å². The maximum atomic E-state index is 5.42. The number of benzene rings is 13. The Morgan fingerprint density at radius 1 is 0.253 bits per heavy atom. The van der Waals surface area contributed by atoms with Crippen molar-refractivity contribution < 1.29 is 0 Å². The third-order valence-electron chi connectivity index (χ3n) is 18.2. The van der Waals surface area contributed by atoms with Crippen LogP contribution < -0.4 is 0 Å². The lowest BCUT2D eigenvalue weighted by atomic mass is 9.70. The molecule has 87 heavy (non-hydrogen) atoms. The van der Waals surface area contributed by atoms with E-state index in [1.165, 1.54) is 92.2 Å². The number of aromatic nitrogens is 4. The molecule has 0 saturated carbocycles. The van der Waals surface area contributed by atoms with Crippen molar-refractivity contribution in [2.24, 2.45) is 0 Å². The Hall–Kier alpha value is -11.1. The van der Waals surface area contributed by atoms with Crippen LogP contribution in [0.4, 0.5) is 0 Å². The average Bonchev–Trinajstić information content (AvgIpc) is 1.58. The fourth-order valence-corrected chi connectivity index (χ4v) is 15.5. The van der Waals surface area contributed by atoms with E-state index in [9.17, 15) is 0 Å². The predicted octanol–water partition coefficient (Wildman–Crippen LogP) is 21.3. The molecule has 3 aromatic heterocycles. The van der Waals surface area contributed by atoms with Gasteiger partial charge in [-0.3, -0.25) is 0 Å². The van der Waals surface area contributed by atoms with Crippen LogP contribution in [0.15, 0.2) is 303 Å². The van der Waals surface area contributed by atoms with Crippen molar-refractivity contribution in [2.75, 3.05) is 0 Å². The van der Waals surface area contributed by atoms with Gasteiger partial charge in [-0.05, 0) is 162 Å². The first-order valence-corrected chi connectivity index (χ1v) is 30.5. The quantitative estimate of drug-likeness (QED) is 0.152. The third kappa shape index (κ3) is 7.66. The van der Waals surface area contributed by atoms with Crippen molar-refractivity contribution in [3.8, 4) is 107 Å². The largest absolute Gasteiger partial charge is 0.309 e. The second-order valence-electron chi connectivity index (χ2n) is 23.0. The number of para-hydroxylation sites is 1. The second kappa shape index (κ2) is 19.5. The Balaban J connectivity index is 0.751. The Morgan fingerprint density at radius 2 is 0.713 bits per heavy atom. The van der Waals surface area contributed by atoms with E-state index >= 15 is 0 Å². The van der Waals surface area contributed by atoms with Gasteiger partial charge in [-0.15, -0.1) is 11.3 Å². The summed E-state index contributed by atoms with van der Waals surface area (Å²) in [6.45, 7) is 0. The Morgan fingerprint density at radius 3 is 1.39 bits per heavy atom. The lowest BCUT2D eigenvalue weighted by Gasteiger charge is -2.30. The summed E-state index contributed by atoms with van der Waals surface area (Å²) < 4.78 is 4.86. The van der Waals surface area contributed by atoms with E-state index in [0.29, 0.717) is 17.5 Å². The van der Waals surface area contributed by atoms with E-state index in [-0.39, 0.29) is 5.41 Å². The van der Waals surface area contributed by atoms with Crippen LogP contribution in [0.2, 0.25) is 0 Å². The van der Waals surface area contributed by atoms with Crippen LogP contribution in [-0.4, -0.2) is 19.5 Å². The molecule has 0 aliphatic heterocycles. The van der Waals surface area contributed by atoms with E-state index in [1.54, 1.807) is 0 Å². The molecule has 3 heterocycles.